The standard InChI is InChI=1S/C14H20O10/c1-5(15)9(19)11(21)13(23,7(3)17)14(24,8(4)18)12(22)10(20)6(2)16/h9-11,19-21,23-24H,1-4H3/t9?,10?,11-,13-,14-/m1/s1. The molecule has 24 heavy (non-hydrogen) atoms. The Morgan fingerprint density at radius 3 is 1.42 bits per heavy atom. The lowest BCUT2D eigenvalue weighted by molar-refractivity contribution is -0.217. The Morgan fingerprint density at radius 2 is 1.17 bits per heavy atom. The summed E-state index contributed by atoms with van der Waals surface area (Å²) in [7, 11) is 0. The molecule has 0 radical (unpaired) electrons. The molecule has 0 fully saturated rings. The molecule has 0 aromatic heterocycles. The number of Topliss-reactive ketones (excluding diaryl/α,β-unsaturated/α-hetero) is 5. The first-order chi connectivity index (χ1) is 10.7. The highest BCUT2D eigenvalue weighted by Crippen LogP contribution is 2.32. The highest BCUT2D eigenvalue weighted by molar-refractivity contribution is 6.22. The van der Waals surface area contributed by atoms with Crippen LogP contribution in [0.2, 0.25) is 0 Å². The summed E-state index contributed by atoms with van der Waals surface area (Å²) in [6.07, 6.45) is -7.82. The molecule has 0 aromatic carbocycles. The Morgan fingerprint density at radius 1 is 0.750 bits per heavy atom. The zero-order valence-corrected chi connectivity index (χ0v) is 13.5. The number of aliphatic hydroxyl groups excluding tert-OH is 3. The molecule has 0 aliphatic heterocycles. The lowest BCUT2D eigenvalue weighted by Crippen LogP contribution is -2.75. The minimum atomic E-state index is -3.78. The van der Waals surface area contributed by atoms with E-state index in [0.29, 0.717) is 13.8 Å². The molecule has 0 spiro atoms. The van der Waals surface area contributed by atoms with Gasteiger partial charge in [0.2, 0.25) is 11.4 Å². The molecule has 0 bridgehead atoms. The first kappa shape index (κ1) is 22.1. The number of carbonyl (C=O) groups is 5. The van der Waals surface area contributed by atoms with Gasteiger partial charge in [-0.05, 0) is 27.7 Å². The highest BCUT2D eigenvalue weighted by atomic mass is 16.4. The van der Waals surface area contributed by atoms with Crippen LogP contribution in [0.15, 0.2) is 0 Å². The highest BCUT2D eigenvalue weighted by Gasteiger charge is 2.67. The van der Waals surface area contributed by atoms with Gasteiger partial charge in [0.05, 0.1) is 0 Å². The maximum absolute atomic E-state index is 12.2. The fourth-order valence-electron chi connectivity index (χ4n) is 2.14. The molecule has 10 nitrogen and oxygen atoms in total. The maximum Gasteiger partial charge on any atom is 0.223 e. The van der Waals surface area contributed by atoms with Crippen LogP contribution in [0.1, 0.15) is 27.7 Å². The molecule has 0 aromatic rings. The average Bonchev–Trinajstić information content (AvgIpc) is 2.49. The van der Waals surface area contributed by atoms with Crippen molar-refractivity contribution < 1.29 is 49.5 Å². The van der Waals surface area contributed by atoms with Crippen LogP contribution >= 0.6 is 0 Å². The summed E-state index contributed by atoms with van der Waals surface area (Å²) in [6.45, 7) is 2.62. The third-order valence-electron chi connectivity index (χ3n) is 3.73. The molecule has 5 atom stereocenters. The van der Waals surface area contributed by atoms with E-state index in [9.17, 15) is 49.5 Å². The normalized spacial score (nSPS) is 20.0. The van der Waals surface area contributed by atoms with Crippen LogP contribution in [0.4, 0.5) is 0 Å². The number of aliphatic hydroxyl groups is 5. The van der Waals surface area contributed by atoms with E-state index in [1.165, 1.54) is 0 Å². The van der Waals surface area contributed by atoms with Crippen molar-refractivity contribution >= 4 is 28.9 Å². The molecule has 136 valence electrons. The van der Waals surface area contributed by atoms with Crippen LogP contribution in [-0.4, -0.2) is 84.0 Å². The van der Waals surface area contributed by atoms with Crippen molar-refractivity contribution in [3.05, 3.63) is 0 Å². The number of rotatable bonds is 9. The van der Waals surface area contributed by atoms with Crippen LogP contribution in [0.5, 0.6) is 0 Å². The third kappa shape index (κ3) is 3.32. The van der Waals surface area contributed by atoms with Crippen molar-refractivity contribution in [2.45, 2.75) is 57.2 Å². The van der Waals surface area contributed by atoms with Gasteiger partial charge in [0.15, 0.2) is 34.8 Å². The molecule has 0 rings (SSSR count). The fourth-order valence-corrected chi connectivity index (χ4v) is 2.14. The van der Waals surface area contributed by atoms with Gasteiger partial charge >= 0.3 is 0 Å². The summed E-state index contributed by atoms with van der Waals surface area (Å²) in [5.74, 6) is -7.49. The maximum atomic E-state index is 12.2. The van der Waals surface area contributed by atoms with Gasteiger partial charge < -0.3 is 25.5 Å². The van der Waals surface area contributed by atoms with Gasteiger partial charge in [0, 0.05) is 0 Å². The number of ketones is 5. The van der Waals surface area contributed by atoms with Crippen LogP contribution in [0, 0.1) is 0 Å². The second-order valence-electron chi connectivity index (χ2n) is 5.47. The quantitative estimate of drug-likeness (QED) is 0.261. The van der Waals surface area contributed by atoms with Gasteiger partial charge in [0.25, 0.3) is 0 Å². The van der Waals surface area contributed by atoms with Gasteiger partial charge in [-0.2, -0.15) is 0 Å². The van der Waals surface area contributed by atoms with E-state index < -0.39 is 58.4 Å². The van der Waals surface area contributed by atoms with E-state index in [0.717, 1.165) is 13.8 Å². The predicted octanol–water partition coefficient (Wildman–Crippen LogP) is -3.54. The van der Waals surface area contributed by atoms with E-state index in [4.69, 9.17) is 0 Å². The molecule has 5 N–H and O–H groups in total. The first-order valence-electron chi connectivity index (χ1n) is 6.73. The number of hydrogen-bond acceptors (Lipinski definition) is 10. The Balaban J connectivity index is 6.55. The minimum Gasteiger partial charge on any atom is -0.386 e. The van der Waals surface area contributed by atoms with Gasteiger partial charge in [-0.1, -0.05) is 0 Å². The van der Waals surface area contributed by atoms with Crippen molar-refractivity contribution in [2.75, 3.05) is 0 Å². The summed E-state index contributed by atoms with van der Waals surface area (Å²) in [6, 6.07) is 0. The second kappa shape index (κ2) is 7.36. The van der Waals surface area contributed by atoms with Gasteiger partial charge in [-0.3, -0.25) is 24.0 Å². The molecular weight excluding hydrogens is 328 g/mol. The molecule has 0 saturated carbocycles. The van der Waals surface area contributed by atoms with Gasteiger partial charge in [-0.25, -0.2) is 0 Å². The molecule has 0 aliphatic carbocycles. The van der Waals surface area contributed by atoms with Crippen LogP contribution < -0.4 is 0 Å². The molecular formula is C14H20O10. The Kier molecular flexibility index (Phi) is 6.80. The van der Waals surface area contributed by atoms with E-state index in [1.807, 2.05) is 0 Å². The van der Waals surface area contributed by atoms with E-state index in [2.05, 4.69) is 0 Å². The summed E-state index contributed by atoms with van der Waals surface area (Å²) >= 11 is 0. The Hall–Kier alpha value is -1.85. The number of carbonyl (C=O) groups excluding carboxylic acids is 5. The Labute approximate surface area is 136 Å². The first-order valence-corrected chi connectivity index (χ1v) is 6.73. The lowest BCUT2D eigenvalue weighted by atomic mass is 9.68. The van der Waals surface area contributed by atoms with Gasteiger partial charge in [-0.15, -0.1) is 0 Å². The average molecular weight is 348 g/mol. The fraction of sp³-hybridized carbons (Fsp3) is 0.643. The van der Waals surface area contributed by atoms with E-state index in [-0.39, 0.29) is 0 Å². The van der Waals surface area contributed by atoms with Crippen LogP contribution in [0.25, 0.3) is 0 Å². The molecule has 2 unspecified atom stereocenters. The summed E-state index contributed by atoms with van der Waals surface area (Å²) in [5.41, 5.74) is -7.46. The van der Waals surface area contributed by atoms with Crippen molar-refractivity contribution in [1.29, 1.82) is 0 Å². The number of hydrogen-bond donors (Lipinski definition) is 5. The predicted molar refractivity (Wildman–Crippen MR) is 75.7 cm³/mol. The van der Waals surface area contributed by atoms with Crippen LogP contribution in [-0.2, 0) is 24.0 Å². The monoisotopic (exact) mass is 348 g/mol. The molecule has 0 aliphatic rings. The van der Waals surface area contributed by atoms with E-state index >= 15 is 0 Å². The third-order valence-corrected chi connectivity index (χ3v) is 3.73. The minimum absolute atomic E-state index is 0.547. The van der Waals surface area contributed by atoms with Gasteiger partial charge in [0.1, 0.15) is 12.2 Å². The van der Waals surface area contributed by atoms with Crippen molar-refractivity contribution in [1.82, 2.24) is 0 Å². The summed E-state index contributed by atoms with van der Waals surface area (Å²) in [5, 5.41) is 49.9. The molecule has 10 heteroatoms. The zero-order valence-electron chi connectivity index (χ0n) is 13.5. The SMILES string of the molecule is CC(=O)C(O)C(=O)[C@](O)(C(C)=O)[C@@](O)(C(C)=O)[C@H](O)C(O)C(C)=O. The van der Waals surface area contributed by atoms with Crippen LogP contribution in [0.3, 0.4) is 0 Å². The smallest absolute Gasteiger partial charge is 0.223 e. The lowest BCUT2D eigenvalue weighted by Gasteiger charge is -2.43. The second-order valence-corrected chi connectivity index (χ2v) is 5.47. The molecule has 0 amide bonds. The van der Waals surface area contributed by atoms with Crippen molar-refractivity contribution in [2.24, 2.45) is 0 Å². The zero-order chi connectivity index (χ0) is 19.6. The largest absolute Gasteiger partial charge is 0.386 e. The van der Waals surface area contributed by atoms with Crippen molar-refractivity contribution in [3.8, 4) is 0 Å². The van der Waals surface area contributed by atoms with Crippen molar-refractivity contribution in [3.63, 3.8) is 0 Å². The molecule has 0 heterocycles. The summed E-state index contributed by atoms with van der Waals surface area (Å²) < 4.78 is 0. The molecule has 0 saturated heterocycles. The summed E-state index contributed by atoms with van der Waals surface area (Å²) in [4.78, 5) is 58.1. The Bertz CT molecular complexity index is 582. The van der Waals surface area contributed by atoms with E-state index in [1.54, 1.807) is 0 Å². The topological polar surface area (TPSA) is 186 Å².